The van der Waals surface area contributed by atoms with E-state index < -0.39 is 30.4 Å². The Morgan fingerprint density at radius 2 is 1.24 bits per heavy atom. The van der Waals surface area contributed by atoms with Crippen LogP contribution in [0.2, 0.25) is 0 Å². The van der Waals surface area contributed by atoms with Crippen LogP contribution in [0.4, 0.5) is 4.79 Å². The maximum atomic E-state index is 14.1. The molecular weight excluding hydrogens is 575 g/mol. The topological polar surface area (TPSA) is 67.4 Å². The van der Waals surface area contributed by atoms with Gasteiger partial charge in [0.15, 0.2) is 0 Å². The molecule has 0 saturated carbocycles. The highest BCUT2D eigenvalue weighted by atomic mass is 31.2. The Balaban J connectivity index is 1.79. The quantitative estimate of drug-likeness (QED) is 0.175. The molecule has 2 atom stereocenters. The van der Waals surface area contributed by atoms with Gasteiger partial charge in [-0.05, 0) is 72.7 Å². The molecule has 45 heavy (non-hydrogen) atoms. The molecular formula is C39H50N2O3P+. The Morgan fingerprint density at radius 3 is 1.78 bits per heavy atom. The lowest BCUT2D eigenvalue weighted by molar-refractivity contribution is -0.126. The van der Waals surface area contributed by atoms with Crippen LogP contribution in [-0.4, -0.2) is 35.8 Å². The number of hydrogen-bond acceptors (Lipinski definition) is 3. The lowest BCUT2D eigenvalue weighted by Crippen LogP contribution is -2.57. The molecule has 4 aromatic carbocycles. The molecule has 2 N–H and O–H groups in total. The summed E-state index contributed by atoms with van der Waals surface area (Å²) in [5.74, 6) is -0.0492. The number of alkyl carbamates (subject to hydrolysis) is 1. The Bertz CT molecular complexity index is 1530. The van der Waals surface area contributed by atoms with E-state index in [9.17, 15) is 9.59 Å². The van der Waals surface area contributed by atoms with Crippen LogP contribution in [0.15, 0.2) is 103 Å². The molecule has 5 nitrogen and oxygen atoms in total. The monoisotopic (exact) mass is 625 g/mol. The third-order valence-corrected chi connectivity index (χ3v) is 12.7. The first-order valence-corrected chi connectivity index (χ1v) is 18.1. The molecule has 0 fully saturated rings. The van der Waals surface area contributed by atoms with E-state index in [1.54, 1.807) is 0 Å². The van der Waals surface area contributed by atoms with Gasteiger partial charge in [-0.3, -0.25) is 4.79 Å². The number of ether oxygens (including phenoxy) is 1. The Hall–Kier alpha value is -3.69. The molecule has 0 saturated heterocycles. The van der Waals surface area contributed by atoms with Gasteiger partial charge < -0.3 is 15.4 Å². The van der Waals surface area contributed by atoms with E-state index in [2.05, 4.69) is 128 Å². The van der Waals surface area contributed by atoms with E-state index >= 15 is 0 Å². The molecule has 0 bridgehead atoms. The lowest BCUT2D eigenvalue weighted by atomic mass is 9.86. The minimum absolute atomic E-state index is 0.147. The van der Waals surface area contributed by atoms with Crippen molar-refractivity contribution in [3.8, 4) is 0 Å². The lowest BCUT2D eigenvalue weighted by Gasteiger charge is -2.36. The molecule has 0 aromatic heterocycles. The predicted molar refractivity (Wildman–Crippen MR) is 191 cm³/mol. The summed E-state index contributed by atoms with van der Waals surface area (Å²) in [6.45, 7) is 15.7. The van der Waals surface area contributed by atoms with Gasteiger partial charge >= 0.3 is 6.09 Å². The summed E-state index contributed by atoms with van der Waals surface area (Å²) < 4.78 is 5.54. The predicted octanol–water partition coefficient (Wildman–Crippen LogP) is 8.09. The van der Waals surface area contributed by atoms with E-state index in [0.29, 0.717) is 0 Å². The van der Waals surface area contributed by atoms with Gasteiger partial charge in [0.25, 0.3) is 0 Å². The summed E-state index contributed by atoms with van der Waals surface area (Å²) in [6.07, 6.45) is 1.04. The molecule has 0 aliphatic carbocycles. The number of carbonyl (C=O) groups excluding carboxylic acids is 2. The fourth-order valence-corrected chi connectivity index (χ4v) is 10.6. The molecule has 6 heteroatoms. The van der Waals surface area contributed by atoms with Crippen LogP contribution in [0.25, 0.3) is 10.8 Å². The number of hydrogen-bond donors (Lipinski definition) is 2. The Morgan fingerprint density at radius 1 is 0.711 bits per heavy atom. The summed E-state index contributed by atoms with van der Waals surface area (Å²) >= 11 is 0. The molecule has 0 radical (unpaired) electrons. The van der Waals surface area contributed by atoms with Gasteiger partial charge in [-0.25, -0.2) is 4.79 Å². The number of fused-ring (bicyclic) bond motifs is 1. The molecule has 2 amide bonds. The molecule has 0 heterocycles. The van der Waals surface area contributed by atoms with E-state index in [4.69, 9.17) is 4.74 Å². The second-order valence-corrected chi connectivity index (χ2v) is 18.1. The average Bonchev–Trinajstić information content (AvgIpc) is 2.98. The van der Waals surface area contributed by atoms with Crippen molar-refractivity contribution in [2.24, 2.45) is 11.3 Å². The van der Waals surface area contributed by atoms with Crippen molar-refractivity contribution in [3.05, 3.63) is 109 Å². The van der Waals surface area contributed by atoms with Gasteiger partial charge in [0.1, 0.15) is 11.6 Å². The first kappa shape index (κ1) is 34.2. The average molecular weight is 626 g/mol. The summed E-state index contributed by atoms with van der Waals surface area (Å²) in [5, 5.41) is 11.4. The zero-order valence-corrected chi connectivity index (χ0v) is 29.0. The Labute approximate surface area is 270 Å². The third-order valence-electron chi connectivity index (χ3n) is 8.25. The van der Waals surface area contributed by atoms with Crippen molar-refractivity contribution < 1.29 is 14.3 Å². The van der Waals surface area contributed by atoms with Gasteiger partial charge in [0, 0.05) is 0 Å². The van der Waals surface area contributed by atoms with Crippen molar-refractivity contribution in [2.45, 2.75) is 79.2 Å². The highest BCUT2D eigenvalue weighted by molar-refractivity contribution is 7.88. The fourth-order valence-electron chi connectivity index (χ4n) is 5.88. The van der Waals surface area contributed by atoms with Crippen LogP contribution < -0.4 is 21.2 Å². The first-order chi connectivity index (χ1) is 21.2. The van der Waals surface area contributed by atoms with Crippen molar-refractivity contribution in [3.63, 3.8) is 0 Å². The maximum Gasteiger partial charge on any atom is 0.408 e. The van der Waals surface area contributed by atoms with Crippen molar-refractivity contribution in [1.29, 1.82) is 0 Å². The van der Waals surface area contributed by atoms with Gasteiger partial charge in [-0.15, -0.1) is 0 Å². The smallest absolute Gasteiger partial charge is 0.408 e. The zero-order chi connectivity index (χ0) is 32.8. The van der Waals surface area contributed by atoms with Crippen LogP contribution >= 0.6 is 7.26 Å². The summed E-state index contributed by atoms with van der Waals surface area (Å²) in [4.78, 5) is 27.0. The van der Waals surface area contributed by atoms with Crippen molar-refractivity contribution in [1.82, 2.24) is 10.6 Å². The van der Waals surface area contributed by atoms with Crippen LogP contribution in [0, 0.1) is 11.3 Å². The first-order valence-electron chi connectivity index (χ1n) is 15.9. The summed E-state index contributed by atoms with van der Waals surface area (Å²) in [7, 11) is -2.15. The largest absolute Gasteiger partial charge is 0.444 e. The number of rotatable bonds is 10. The Kier molecular flexibility index (Phi) is 10.8. The van der Waals surface area contributed by atoms with Crippen LogP contribution in [-0.2, 0) is 15.7 Å². The van der Waals surface area contributed by atoms with Gasteiger partial charge in [0.05, 0.1) is 36.2 Å². The minimum atomic E-state index is -2.15. The summed E-state index contributed by atoms with van der Waals surface area (Å²) in [6, 6.07) is 35.9. The van der Waals surface area contributed by atoms with Crippen molar-refractivity contribution >= 4 is 40.6 Å². The second-order valence-electron chi connectivity index (χ2n) is 14.4. The van der Waals surface area contributed by atoms with Gasteiger partial charge in [-0.1, -0.05) is 113 Å². The number of benzene rings is 4. The van der Waals surface area contributed by atoms with E-state index in [0.717, 1.165) is 12.3 Å². The highest BCUT2D eigenvalue weighted by Gasteiger charge is 2.47. The molecule has 0 spiro atoms. The van der Waals surface area contributed by atoms with E-state index in [1.807, 2.05) is 41.5 Å². The molecule has 238 valence electrons. The molecule has 4 aromatic rings. The third kappa shape index (κ3) is 8.73. The van der Waals surface area contributed by atoms with Gasteiger partial charge in [0.2, 0.25) is 5.91 Å². The molecule has 1 unspecified atom stereocenters. The molecule has 4 rings (SSSR count). The van der Waals surface area contributed by atoms with Crippen LogP contribution in [0.5, 0.6) is 0 Å². The second kappa shape index (κ2) is 14.2. The SMILES string of the molecule is CC(C)[C@@H](C[P+](Cc1cccc2ccccc12)(c1ccccc1)c1ccccc1)NC(=O)C(NC(=O)OC(C)(C)C)C(C)(C)C. The molecule has 0 aliphatic heterocycles. The minimum Gasteiger partial charge on any atom is -0.444 e. The standard InChI is InChI=1S/C39H49N2O3P/c1-28(2)34(40-36(42)35(38(3,4)5)41-37(43)44-39(6,7)8)27-45(31-21-11-9-12-22-31,32-23-13-10-14-24-32)26-30-20-17-19-29-18-15-16-25-33(29)30/h9-25,28,34-35H,26-27H2,1-8H3,(H-,40,41,42,43)/p+1/t34-,35?/m1/s1. The zero-order valence-electron chi connectivity index (χ0n) is 28.1. The van der Waals surface area contributed by atoms with Crippen LogP contribution in [0.1, 0.15) is 61.0 Å². The number of nitrogens with one attached hydrogen (secondary N) is 2. The number of amides is 2. The van der Waals surface area contributed by atoms with Gasteiger partial charge in [-0.2, -0.15) is 0 Å². The normalized spacial score (nSPS) is 13.7. The fraction of sp³-hybridized carbons (Fsp3) is 0.385. The number of carbonyl (C=O) groups is 2. The van der Waals surface area contributed by atoms with E-state index in [1.165, 1.54) is 26.9 Å². The summed E-state index contributed by atoms with van der Waals surface area (Å²) in [5.41, 5.74) is 0.110. The maximum absolute atomic E-state index is 14.1. The molecule has 0 aliphatic rings. The highest BCUT2D eigenvalue weighted by Crippen LogP contribution is 2.60. The van der Waals surface area contributed by atoms with E-state index in [-0.39, 0.29) is 17.9 Å². The van der Waals surface area contributed by atoms with Crippen molar-refractivity contribution in [2.75, 3.05) is 6.16 Å². The van der Waals surface area contributed by atoms with Crippen LogP contribution in [0.3, 0.4) is 0 Å².